The summed E-state index contributed by atoms with van der Waals surface area (Å²) in [5.74, 6) is -0.245. The molecule has 0 amide bonds. The Balaban J connectivity index is 1.86. The van der Waals surface area contributed by atoms with Gasteiger partial charge in [-0.15, -0.1) is 0 Å². The van der Waals surface area contributed by atoms with Crippen molar-refractivity contribution < 1.29 is 19.7 Å². The largest absolute Gasteiger partial charge is 0.462 e. The molecule has 5 heteroatoms. The fourth-order valence-corrected chi connectivity index (χ4v) is 3.10. The Bertz CT molecular complexity index is 414. The van der Waals surface area contributed by atoms with Crippen LogP contribution in [0.5, 0.6) is 0 Å². The van der Waals surface area contributed by atoms with E-state index in [-0.39, 0.29) is 23.9 Å². The van der Waals surface area contributed by atoms with Crippen molar-refractivity contribution in [2.24, 2.45) is 11.8 Å². The van der Waals surface area contributed by atoms with E-state index in [0.717, 1.165) is 5.03 Å². The first kappa shape index (κ1) is 15.5. The van der Waals surface area contributed by atoms with E-state index in [1.165, 1.54) is 0 Å². The number of aliphatic hydroxyl groups is 2. The summed E-state index contributed by atoms with van der Waals surface area (Å²) in [6.07, 6.45) is 6.34. The predicted molar refractivity (Wildman–Crippen MR) is 76.1 cm³/mol. The van der Waals surface area contributed by atoms with E-state index in [1.807, 2.05) is 12.2 Å². The number of carbonyl (C=O) groups is 1. The number of allylic oxidation sites excluding steroid dienone is 2. The number of carbonyl (C=O) groups excluding carboxylic acids is 1. The van der Waals surface area contributed by atoms with Gasteiger partial charge in [0.1, 0.15) is 6.10 Å². The summed E-state index contributed by atoms with van der Waals surface area (Å²) in [5, 5.41) is 20.6. The molecule has 0 aromatic heterocycles. The average molecular weight is 301 g/mol. The standard InChI is InChI=1S/C15H21ClO4/c1-9(16)3-2-4-10(17)5-6-11-12-7-15(19)20-14(12)8-13(11)18/h3,5-6,10-14,17-18H,2,4,7-8H2,1H3/b6-5+,9-3+/t10-,11+,12+,13+,14-/m0/s1. The van der Waals surface area contributed by atoms with E-state index >= 15 is 0 Å². The quantitative estimate of drug-likeness (QED) is 0.603. The molecule has 1 aliphatic heterocycles. The highest BCUT2D eigenvalue weighted by Gasteiger charge is 2.48. The molecule has 1 aliphatic carbocycles. The third-order valence-corrected chi connectivity index (χ3v) is 4.17. The number of hydrogen-bond donors (Lipinski definition) is 2. The number of ether oxygens (including phenoxy) is 1. The Hall–Kier alpha value is -0.840. The minimum absolute atomic E-state index is 0.0472. The molecule has 4 nitrogen and oxygen atoms in total. The maximum atomic E-state index is 11.3. The van der Waals surface area contributed by atoms with Crippen molar-refractivity contribution >= 4 is 17.6 Å². The smallest absolute Gasteiger partial charge is 0.306 e. The predicted octanol–water partition coefficient (Wildman–Crippen LogP) is 2.14. The van der Waals surface area contributed by atoms with E-state index in [9.17, 15) is 15.0 Å². The second kappa shape index (κ2) is 6.74. The van der Waals surface area contributed by atoms with E-state index < -0.39 is 12.2 Å². The zero-order valence-electron chi connectivity index (χ0n) is 11.5. The normalized spacial score (nSPS) is 35.4. The maximum Gasteiger partial charge on any atom is 0.306 e. The van der Waals surface area contributed by atoms with E-state index in [1.54, 1.807) is 13.0 Å². The lowest BCUT2D eigenvalue weighted by Gasteiger charge is -2.15. The summed E-state index contributed by atoms with van der Waals surface area (Å²) in [6.45, 7) is 1.80. The molecular weight excluding hydrogens is 280 g/mol. The number of hydrogen-bond acceptors (Lipinski definition) is 4. The minimum Gasteiger partial charge on any atom is -0.462 e. The fourth-order valence-electron chi connectivity index (χ4n) is 2.99. The van der Waals surface area contributed by atoms with Gasteiger partial charge in [0.2, 0.25) is 0 Å². The topological polar surface area (TPSA) is 66.8 Å². The molecule has 0 unspecified atom stereocenters. The third-order valence-electron chi connectivity index (χ3n) is 4.02. The van der Waals surface area contributed by atoms with Gasteiger partial charge in [-0.3, -0.25) is 4.79 Å². The summed E-state index contributed by atoms with van der Waals surface area (Å²) in [4.78, 5) is 11.3. The molecule has 20 heavy (non-hydrogen) atoms. The summed E-state index contributed by atoms with van der Waals surface area (Å²) >= 11 is 5.72. The van der Waals surface area contributed by atoms with Crippen LogP contribution < -0.4 is 0 Å². The summed E-state index contributed by atoms with van der Waals surface area (Å²) in [7, 11) is 0. The van der Waals surface area contributed by atoms with Crippen LogP contribution in [0.15, 0.2) is 23.3 Å². The molecule has 5 atom stereocenters. The van der Waals surface area contributed by atoms with Gasteiger partial charge in [0, 0.05) is 23.3 Å². The monoisotopic (exact) mass is 300 g/mol. The number of halogens is 1. The highest BCUT2D eigenvalue weighted by Crippen LogP contribution is 2.42. The summed E-state index contributed by atoms with van der Waals surface area (Å²) in [5.41, 5.74) is 0. The van der Waals surface area contributed by atoms with Crippen molar-refractivity contribution in [3.8, 4) is 0 Å². The van der Waals surface area contributed by atoms with Crippen LogP contribution in [-0.2, 0) is 9.53 Å². The van der Waals surface area contributed by atoms with Crippen LogP contribution in [-0.4, -0.2) is 34.5 Å². The van der Waals surface area contributed by atoms with Crippen molar-refractivity contribution in [3.05, 3.63) is 23.3 Å². The molecule has 0 bridgehead atoms. The SMILES string of the molecule is C/C(Cl)=C\CC[C@H](O)/C=C/[C@@H]1[C@H]2CC(=O)O[C@H]2C[C@H]1O. The third kappa shape index (κ3) is 3.84. The lowest BCUT2D eigenvalue weighted by atomic mass is 9.91. The van der Waals surface area contributed by atoms with Gasteiger partial charge in [-0.2, -0.15) is 0 Å². The van der Waals surface area contributed by atoms with Crippen molar-refractivity contribution in [3.63, 3.8) is 0 Å². The van der Waals surface area contributed by atoms with Crippen LogP contribution in [0.25, 0.3) is 0 Å². The van der Waals surface area contributed by atoms with Gasteiger partial charge in [0.05, 0.1) is 18.6 Å². The Kier molecular flexibility index (Phi) is 5.24. The molecule has 0 aromatic rings. The fraction of sp³-hybridized carbons (Fsp3) is 0.667. The molecule has 2 aliphatic rings. The Morgan fingerprint density at radius 3 is 3.05 bits per heavy atom. The van der Waals surface area contributed by atoms with Gasteiger partial charge in [-0.05, 0) is 19.8 Å². The number of fused-ring (bicyclic) bond motifs is 1. The Labute approximate surface area is 124 Å². The van der Waals surface area contributed by atoms with Gasteiger partial charge in [-0.25, -0.2) is 0 Å². The molecule has 0 radical (unpaired) electrons. The molecule has 2 rings (SSSR count). The average Bonchev–Trinajstić information content (AvgIpc) is 2.81. The highest BCUT2D eigenvalue weighted by atomic mass is 35.5. The molecule has 1 saturated heterocycles. The molecule has 2 N–H and O–H groups in total. The maximum absolute atomic E-state index is 11.3. The summed E-state index contributed by atoms with van der Waals surface area (Å²) in [6, 6.07) is 0. The molecule has 2 fully saturated rings. The molecule has 1 heterocycles. The first-order valence-electron chi connectivity index (χ1n) is 7.03. The number of esters is 1. The zero-order chi connectivity index (χ0) is 14.7. The van der Waals surface area contributed by atoms with Crippen LogP contribution in [0.4, 0.5) is 0 Å². The van der Waals surface area contributed by atoms with Gasteiger partial charge in [0.25, 0.3) is 0 Å². The van der Waals surface area contributed by atoms with Crippen molar-refractivity contribution in [2.75, 3.05) is 0 Å². The zero-order valence-corrected chi connectivity index (χ0v) is 12.3. The van der Waals surface area contributed by atoms with Crippen LogP contribution in [0.1, 0.15) is 32.6 Å². The number of aliphatic hydroxyl groups excluding tert-OH is 2. The molecule has 1 saturated carbocycles. The van der Waals surface area contributed by atoms with Crippen molar-refractivity contribution in [1.82, 2.24) is 0 Å². The van der Waals surface area contributed by atoms with Crippen LogP contribution in [0.3, 0.4) is 0 Å². The molecule has 0 aromatic carbocycles. The highest BCUT2D eigenvalue weighted by molar-refractivity contribution is 6.29. The van der Waals surface area contributed by atoms with Crippen molar-refractivity contribution in [1.29, 1.82) is 0 Å². The second-order valence-corrected chi connectivity index (χ2v) is 6.19. The Morgan fingerprint density at radius 1 is 1.60 bits per heavy atom. The minimum atomic E-state index is -0.563. The number of rotatable bonds is 5. The van der Waals surface area contributed by atoms with Gasteiger partial charge < -0.3 is 14.9 Å². The lowest BCUT2D eigenvalue weighted by Crippen LogP contribution is -2.18. The van der Waals surface area contributed by atoms with Crippen LogP contribution >= 0.6 is 11.6 Å². The molecular formula is C15H21ClO4. The van der Waals surface area contributed by atoms with Crippen LogP contribution in [0.2, 0.25) is 0 Å². The van der Waals surface area contributed by atoms with E-state index in [4.69, 9.17) is 16.3 Å². The second-order valence-electron chi connectivity index (χ2n) is 5.60. The van der Waals surface area contributed by atoms with Crippen molar-refractivity contribution in [2.45, 2.75) is 50.9 Å². The van der Waals surface area contributed by atoms with Gasteiger partial charge >= 0.3 is 5.97 Å². The molecule has 112 valence electrons. The van der Waals surface area contributed by atoms with E-state index in [2.05, 4.69) is 0 Å². The first-order chi connectivity index (χ1) is 9.47. The Morgan fingerprint density at radius 2 is 2.35 bits per heavy atom. The van der Waals surface area contributed by atoms with Crippen LogP contribution in [0, 0.1) is 11.8 Å². The summed E-state index contributed by atoms with van der Waals surface area (Å²) < 4.78 is 5.17. The van der Waals surface area contributed by atoms with E-state index in [0.29, 0.717) is 25.7 Å². The lowest BCUT2D eigenvalue weighted by molar-refractivity contribution is -0.141. The molecule has 0 spiro atoms. The van der Waals surface area contributed by atoms with Gasteiger partial charge in [-0.1, -0.05) is 29.8 Å². The van der Waals surface area contributed by atoms with Gasteiger partial charge in [0.15, 0.2) is 0 Å². The first-order valence-corrected chi connectivity index (χ1v) is 7.41.